The zero-order valence-electron chi connectivity index (χ0n) is 9.12. The lowest BCUT2D eigenvalue weighted by atomic mass is 9.96. The molecule has 88 valence electrons. The molecule has 16 heavy (non-hydrogen) atoms. The first kappa shape index (κ1) is 11.4. The third-order valence-corrected chi connectivity index (χ3v) is 2.86. The number of ether oxygens (including phenoxy) is 1. The van der Waals surface area contributed by atoms with Crippen molar-refractivity contribution in [1.29, 1.82) is 0 Å². The van der Waals surface area contributed by atoms with E-state index in [1.54, 1.807) is 6.07 Å². The van der Waals surface area contributed by atoms with Crippen LogP contribution in [0.15, 0.2) is 18.2 Å². The molecule has 2 N–H and O–H groups in total. The molecule has 0 bridgehead atoms. The van der Waals surface area contributed by atoms with Crippen LogP contribution in [-0.4, -0.2) is 12.7 Å². The molecule has 3 nitrogen and oxygen atoms in total. The van der Waals surface area contributed by atoms with E-state index in [0.717, 1.165) is 24.2 Å². The molecule has 0 atom stereocenters. The molecule has 1 fully saturated rings. The summed E-state index contributed by atoms with van der Waals surface area (Å²) < 4.78 is 18.9. The van der Waals surface area contributed by atoms with E-state index in [2.05, 4.69) is 4.84 Å². The zero-order chi connectivity index (χ0) is 11.4. The highest BCUT2D eigenvalue weighted by Gasteiger charge is 2.20. The Morgan fingerprint density at radius 2 is 2.19 bits per heavy atom. The van der Waals surface area contributed by atoms with Crippen molar-refractivity contribution in [2.45, 2.75) is 31.8 Å². The minimum atomic E-state index is -0.256. The van der Waals surface area contributed by atoms with E-state index in [1.165, 1.54) is 18.6 Å². The van der Waals surface area contributed by atoms with Crippen molar-refractivity contribution in [1.82, 2.24) is 0 Å². The van der Waals surface area contributed by atoms with Gasteiger partial charge in [0.05, 0.1) is 12.7 Å². The normalized spacial score (nSPS) is 15.9. The molecular weight excluding hydrogens is 209 g/mol. The molecule has 1 aromatic carbocycles. The fourth-order valence-electron chi connectivity index (χ4n) is 1.70. The molecule has 0 aliphatic heterocycles. The van der Waals surface area contributed by atoms with E-state index in [9.17, 15) is 4.39 Å². The molecule has 2 rings (SSSR count). The quantitative estimate of drug-likeness (QED) is 0.781. The zero-order valence-corrected chi connectivity index (χ0v) is 9.12. The first-order valence-electron chi connectivity index (χ1n) is 5.56. The third-order valence-electron chi connectivity index (χ3n) is 2.86. The molecule has 1 aromatic rings. The minimum absolute atomic E-state index is 0.256. The van der Waals surface area contributed by atoms with Crippen molar-refractivity contribution >= 4 is 0 Å². The summed E-state index contributed by atoms with van der Waals surface area (Å²) in [7, 11) is 0. The topological polar surface area (TPSA) is 44.5 Å². The Morgan fingerprint density at radius 1 is 1.38 bits per heavy atom. The summed E-state index contributed by atoms with van der Waals surface area (Å²) in [6, 6.07) is 4.58. The molecular formula is C12H16FNO2. The molecule has 1 aliphatic carbocycles. The van der Waals surface area contributed by atoms with Gasteiger partial charge in [0.25, 0.3) is 0 Å². The van der Waals surface area contributed by atoms with E-state index in [1.807, 2.05) is 0 Å². The van der Waals surface area contributed by atoms with Crippen molar-refractivity contribution in [2.75, 3.05) is 6.61 Å². The van der Waals surface area contributed by atoms with Gasteiger partial charge in [-0.3, -0.25) is 0 Å². The van der Waals surface area contributed by atoms with Crippen molar-refractivity contribution < 1.29 is 14.0 Å². The first-order chi connectivity index (χ1) is 7.79. The standard InChI is InChI=1S/C12H16FNO2/c13-10-4-5-12(16-11-2-1-3-11)9(8-10)6-7-15-14/h4-5,8,11H,1-3,6-7,14H2. The maximum Gasteiger partial charge on any atom is 0.123 e. The predicted octanol–water partition coefficient (Wildman–Crippen LogP) is 2.19. The summed E-state index contributed by atoms with van der Waals surface area (Å²) in [6.07, 6.45) is 4.25. The molecule has 1 aliphatic rings. The molecule has 0 aromatic heterocycles. The van der Waals surface area contributed by atoms with Crippen LogP contribution in [0.2, 0.25) is 0 Å². The summed E-state index contributed by atoms with van der Waals surface area (Å²) in [6.45, 7) is 0.366. The van der Waals surface area contributed by atoms with E-state index < -0.39 is 0 Å². The van der Waals surface area contributed by atoms with Gasteiger partial charge in [-0.1, -0.05) is 0 Å². The van der Waals surface area contributed by atoms with Crippen LogP contribution in [0.1, 0.15) is 24.8 Å². The van der Waals surface area contributed by atoms with Gasteiger partial charge in [-0.15, -0.1) is 0 Å². The van der Waals surface area contributed by atoms with Gasteiger partial charge in [-0.25, -0.2) is 10.3 Å². The molecule has 0 spiro atoms. The van der Waals surface area contributed by atoms with Crippen LogP contribution in [-0.2, 0) is 11.3 Å². The average Bonchev–Trinajstić information content (AvgIpc) is 2.22. The van der Waals surface area contributed by atoms with Gasteiger partial charge < -0.3 is 9.57 Å². The lowest BCUT2D eigenvalue weighted by Crippen LogP contribution is -2.25. The number of halogens is 1. The largest absolute Gasteiger partial charge is 0.490 e. The van der Waals surface area contributed by atoms with Crippen molar-refractivity contribution in [3.05, 3.63) is 29.6 Å². The number of hydrogen-bond donors (Lipinski definition) is 1. The Morgan fingerprint density at radius 3 is 2.81 bits per heavy atom. The number of hydrogen-bond acceptors (Lipinski definition) is 3. The fraction of sp³-hybridized carbons (Fsp3) is 0.500. The Labute approximate surface area is 94.3 Å². The van der Waals surface area contributed by atoms with Gasteiger partial charge in [0.1, 0.15) is 11.6 Å². The minimum Gasteiger partial charge on any atom is -0.490 e. The Hall–Kier alpha value is -1.13. The molecule has 0 heterocycles. The average molecular weight is 225 g/mol. The van der Waals surface area contributed by atoms with Crippen molar-refractivity contribution in [2.24, 2.45) is 5.90 Å². The third kappa shape index (κ3) is 2.71. The Balaban J connectivity index is 2.07. The molecule has 0 radical (unpaired) electrons. The Bertz CT molecular complexity index is 353. The van der Waals surface area contributed by atoms with Crippen LogP contribution in [0.4, 0.5) is 4.39 Å². The van der Waals surface area contributed by atoms with Crippen LogP contribution >= 0.6 is 0 Å². The first-order valence-corrected chi connectivity index (χ1v) is 5.56. The monoisotopic (exact) mass is 225 g/mol. The van der Waals surface area contributed by atoms with Crippen LogP contribution in [0.5, 0.6) is 5.75 Å². The number of nitrogens with two attached hydrogens (primary N) is 1. The van der Waals surface area contributed by atoms with E-state index in [-0.39, 0.29) is 5.82 Å². The summed E-state index contributed by atoms with van der Waals surface area (Å²) in [5, 5.41) is 0. The summed E-state index contributed by atoms with van der Waals surface area (Å²) in [5.41, 5.74) is 0.817. The number of rotatable bonds is 5. The van der Waals surface area contributed by atoms with Gasteiger partial charge in [0.2, 0.25) is 0 Å². The lowest BCUT2D eigenvalue weighted by molar-refractivity contribution is 0.115. The lowest BCUT2D eigenvalue weighted by Gasteiger charge is -2.27. The highest BCUT2D eigenvalue weighted by molar-refractivity contribution is 5.34. The molecule has 1 saturated carbocycles. The van der Waals surface area contributed by atoms with E-state index >= 15 is 0 Å². The van der Waals surface area contributed by atoms with E-state index in [0.29, 0.717) is 19.1 Å². The molecule has 0 amide bonds. The van der Waals surface area contributed by atoms with Gasteiger partial charge in [-0.2, -0.15) is 0 Å². The molecule has 0 saturated heterocycles. The molecule has 0 unspecified atom stereocenters. The fourth-order valence-corrected chi connectivity index (χ4v) is 1.70. The second-order valence-corrected chi connectivity index (χ2v) is 4.04. The SMILES string of the molecule is NOCCc1cc(F)ccc1OC1CCC1. The Kier molecular flexibility index (Phi) is 3.74. The maximum atomic E-state index is 13.1. The summed E-state index contributed by atoms with van der Waals surface area (Å²) in [4.78, 5) is 4.51. The molecule has 4 heteroatoms. The second kappa shape index (κ2) is 5.27. The van der Waals surface area contributed by atoms with Gasteiger partial charge in [0.15, 0.2) is 0 Å². The number of benzene rings is 1. The second-order valence-electron chi connectivity index (χ2n) is 4.04. The highest BCUT2D eigenvalue weighted by atomic mass is 19.1. The summed E-state index contributed by atoms with van der Waals surface area (Å²) in [5.74, 6) is 5.46. The smallest absolute Gasteiger partial charge is 0.123 e. The van der Waals surface area contributed by atoms with Crippen molar-refractivity contribution in [3.63, 3.8) is 0 Å². The van der Waals surface area contributed by atoms with Gasteiger partial charge in [-0.05, 0) is 43.0 Å². The van der Waals surface area contributed by atoms with Crippen LogP contribution in [0.3, 0.4) is 0 Å². The van der Waals surface area contributed by atoms with Gasteiger partial charge in [0, 0.05) is 6.42 Å². The van der Waals surface area contributed by atoms with Crippen LogP contribution in [0, 0.1) is 5.82 Å². The maximum absolute atomic E-state index is 13.1. The van der Waals surface area contributed by atoms with Gasteiger partial charge >= 0.3 is 0 Å². The van der Waals surface area contributed by atoms with E-state index in [4.69, 9.17) is 10.6 Å². The highest BCUT2D eigenvalue weighted by Crippen LogP contribution is 2.28. The van der Waals surface area contributed by atoms with Crippen LogP contribution < -0.4 is 10.6 Å². The summed E-state index contributed by atoms with van der Waals surface area (Å²) >= 11 is 0. The van der Waals surface area contributed by atoms with Crippen molar-refractivity contribution in [3.8, 4) is 5.75 Å². The predicted molar refractivity (Wildman–Crippen MR) is 58.5 cm³/mol. The van der Waals surface area contributed by atoms with Crippen LogP contribution in [0.25, 0.3) is 0 Å².